The number of hydrogen-bond donors (Lipinski definition) is 2. The van der Waals surface area contributed by atoms with Crippen molar-refractivity contribution in [2.75, 3.05) is 5.32 Å². The number of alkyl halides is 3. The third-order valence-electron chi connectivity index (χ3n) is 4.85. The van der Waals surface area contributed by atoms with Crippen LogP contribution in [0.15, 0.2) is 42.5 Å². The Morgan fingerprint density at radius 1 is 1.15 bits per heavy atom. The minimum atomic E-state index is -4.44. The highest BCUT2D eigenvalue weighted by molar-refractivity contribution is 6.01. The molecule has 1 saturated carbocycles. The van der Waals surface area contributed by atoms with Gasteiger partial charge in [-0.05, 0) is 41.7 Å². The van der Waals surface area contributed by atoms with Crippen LogP contribution in [0.3, 0.4) is 0 Å². The molecule has 2 aliphatic rings. The second-order valence-electron chi connectivity index (χ2n) is 6.58. The molecule has 0 saturated heterocycles. The van der Waals surface area contributed by atoms with Crippen molar-refractivity contribution in [2.45, 2.75) is 25.1 Å². The smallest absolute Gasteiger partial charge is 0.348 e. The molecule has 4 rings (SSSR count). The van der Waals surface area contributed by atoms with Crippen molar-refractivity contribution in [3.63, 3.8) is 0 Å². The lowest BCUT2D eigenvalue weighted by atomic mass is 10.0. The van der Waals surface area contributed by atoms with Crippen LogP contribution in [0.4, 0.5) is 18.9 Å². The minimum absolute atomic E-state index is 0.161. The van der Waals surface area contributed by atoms with Gasteiger partial charge in [-0.15, -0.1) is 0 Å². The fourth-order valence-electron chi connectivity index (χ4n) is 3.43. The zero-order valence-corrected chi connectivity index (χ0v) is 13.6. The Hall–Kier alpha value is -2.83. The summed E-state index contributed by atoms with van der Waals surface area (Å²) in [7, 11) is 0. The molecule has 2 unspecified atom stereocenters. The molecule has 0 radical (unpaired) electrons. The standard InChI is InChI=1S/C19H15F3N2O2/c20-19(21,22)16-4-2-1-3-12(16)14-8-15(14)18(26)24-11-6-5-10-9-23-17(25)13(10)7-11/h1-7,14-15H,8-9H2,(H,23,25)(H,24,26). The number of rotatable bonds is 3. The predicted molar refractivity (Wildman–Crippen MR) is 88.5 cm³/mol. The summed E-state index contributed by atoms with van der Waals surface area (Å²) in [6, 6.07) is 10.4. The molecule has 2 aromatic carbocycles. The summed E-state index contributed by atoms with van der Waals surface area (Å²) in [6.07, 6.45) is -4.06. The summed E-state index contributed by atoms with van der Waals surface area (Å²) in [6.45, 7) is 0.460. The first-order valence-electron chi connectivity index (χ1n) is 8.22. The first kappa shape index (κ1) is 16.6. The Bertz CT molecular complexity index is 908. The molecule has 1 aliphatic carbocycles. The number of carbonyl (C=O) groups is 2. The van der Waals surface area contributed by atoms with Crippen LogP contribution in [-0.4, -0.2) is 11.8 Å². The zero-order valence-electron chi connectivity index (χ0n) is 13.6. The van der Waals surface area contributed by atoms with Crippen LogP contribution in [-0.2, 0) is 17.5 Å². The van der Waals surface area contributed by atoms with E-state index >= 15 is 0 Å². The van der Waals surface area contributed by atoms with Crippen LogP contribution < -0.4 is 10.6 Å². The van der Waals surface area contributed by atoms with Gasteiger partial charge in [-0.2, -0.15) is 13.2 Å². The van der Waals surface area contributed by atoms with E-state index in [1.165, 1.54) is 12.1 Å². The molecular weight excluding hydrogens is 345 g/mol. The molecule has 1 aliphatic heterocycles. The first-order chi connectivity index (χ1) is 12.3. The average molecular weight is 360 g/mol. The van der Waals surface area contributed by atoms with Crippen molar-refractivity contribution in [3.8, 4) is 0 Å². The number of halogens is 3. The predicted octanol–water partition coefficient (Wildman–Crippen LogP) is 3.69. The lowest BCUT2D eigenvalue weighted by Crippen LogP contribution is -2.16. The maximum Gasteiger partial charge on any atom is 0.416 e. The minimum Gasteiger partial charge on any atom is -0.348 e. The van der Waals surface area contributed by atoms with Gasteiger partial charge in [-0.3, -0.25) is 9.59 Å². The lowest BCUT2D eigenvalue weighted by molar-refractivity contribution is -0.138. The molecule has 2 amide bonds. The van der Waals surface area contributed by atoms with E-state index in [9.17, 15) is 22.8 Å². The Kier molecular flexibility index (Phi) is 3.75. The highest BCUT2D eigenvalue weighted by Gasteiger charge is 2.47. The van der Waals surface area contributed by atoms with Gasteiger partial charge >= 0.3 is 6.18 Å². The summed E-state index contributed by atoms with van der Waals surface area (Å²) in [5, 5.41) is 5.40. The molecule has 2 atom stereocenters. The summed E-state index contributed by atoms with van der Waals surface area (Å²) in [5.74, 6) is -1.46. The molecule has 1 fully saturated rings. The zero-order chi connectivity index (χ0) is 18.5. The van der Waals surface area contributed by atoms with E-state index in [-0.39, 0.29) is 17.4 Å². The molecule has 134 valence electrons. The van der Waals surface area contributed by atoms with Crippen LogP contribution in [0, 0.1) is 5.92 Å². The number of fused-ring (bicyclic) bond motifs is 1. The molecule has 1 heterocycles. The van der Waals surface area contributed by atoms with E-state index in [2.05, 4.69) is 10.6 Å². The maximum atomic E-state index is 13.1. The number of amides is 2. The van der Waals surface area contributed by atoms with Gasteiger partial charge in [0, 0.05) is 23.7 Å². The topological polar surface area (TPSA) is 58.2 Å². The number of nitrogens with one attached hydrogen (secondary N) is 2. The number of hydrogen-bond acceptors (Lipinski definition) is 2. The molecule has 26 heavy (non-hydrogen) atoms. The van der Waals surface area contributed by atoms with Gasteiger partial charge in [0.2, 0.25) is 5.91 Å². The fraction of sp³-hybridized carbons (Fsp3) is 0.263. The Morgan fingerprint density at radius 2 is 1.92 bits per heavy atom. The van der Waals surface area contributed by atoms with Gasteiger partial charge in [0.15, 0.2) is 0 Å². The van der Waals surface area contributed by atoms with Crippen molar-refractivity contribution in [1.82, 2.24) is 5.32 Å². The van der Waals surface area contributed by atoms with Crippen molar-refractivity contribution in [2.24, 2.45) is 5.92 Å². The quantitative estimate of drug-likeness (QED) is 0.877. The van der Waals surface area contributed by atoms with Gasteiger partial charge < -0.3 is 10.6 Å². The van der Waals surface area contributed by atoms with Crippen LogP contribution in [0.1, 0.15) is 39.4 Å². The highest BCUT2D eigenvalue weighted by Crippen LogP contribution is 2.51. The first-order valence-corrected chi connectivity index (χ1v) is 8.22. The molecule has 0 bridgehead atoms. The van der Waals surface area contributed by atoms with Crippen molar-refractivity contribution < 1.29 is 22.8 Å². The SMILES string of the molecule is O=C1NCc2ccc(NC(=O)C3CC3c3ccccc3C(F)(F)F)cc21. The number of carbonyl (C=O) groups excluding carboxylic acids is 2. The van der Waals surface area contributed by atoms with E-state index in [4.69, 9.17) is 0 Å². The molecule has 2 N–H and O–H groups in total. The largest absolute Gasteiger partial charge is 0.416 e. The molecule has 4 nitrogen and oxygen atoms in total. The molecular formula is C19H15F3N2O2. The third kappa shape index (κ3) is 2.94. The number of anilines is 1. The van der Waals surface area contributed by atoms with E-state index < -0.39 is 23.6 Å². The Morgan fingerprint density at radius 3 is 2.69 bits per heavy atom. The van der Waals surface area contributed by atoms with Gasteiger partial charge in [0.1, 0.15) is 0 Å². The summed E-state index contributed by atoms with van der Waals surface area (Å²) >= 11 is 0. The van der Waals surface area contributed by atoms with Crippen LogP contribution >= 0.6 is 0 Å². The third-order valence-corrected chi connectivity index (χ3v) is 4.85. The van der Waals surface area contributed by atoms with E-state index in [1.807, 2.05) is 0 Å². The maximum absolute atomic E-state index is 13.1. The second kappa shape index (κ2) is 5.86. The highest BCUT2D eigenvalue weighted by atomic mass is 19.4. The van der Waals surface area contributed by atoms with E-state index in [0.29, 0.717) is 24.2 Å². The summed E-state index contributed by atoms with van der Waals surface area (Å²) < 4.78 is 39.4. The van der Waals surface area contributed by atoms with Gasteiger partial charge in [0.25, 0.3) is 5.91 Å². The van der Waals surface area contributed by atoms with Crippen LogP contribution in [0.25, 0.3) is 0 Å². The van der Waals surface area contributed by atoms with E-state index in [1.54, 1.807) is 24.3 Å². The lowest BCUT2D eigenvalue weighted by Gasteiger charge is -2.12. The fourth-order valence-corrected chi connectivity index (χ4v) is 3.43. The summed E-state index contributed by atoms with van der Waals surface area (Å²) in [5.41, 5.74) is 1.32. The summed E-state index contributed by atoms with van der Waals surface area (Å²) in [4.78, 5) is 24.1. The van der Waals surface area contributed by atoms with Gasteiger partial charge in [-0.1, -0.05) is 24.3 Å². The second-order valence-corrected chi connectivity index (χ2v) is 6.58. The molecule has 7 heteroatoms. The van der Waals surface area contributed by atoms with E-state index in [0.717, 1.165) is 11.6 Å². The van der Waals surface area contributed by atoms with Gasteiger partial charge in [0.05, 0.1) is 5.56 Å². The average Bonchev–Trinajstić information content (AvgIpc) is 3.33. The Labute approximate surface area is 147 Å². The van der Waals surface area contributed by atoms with Crippen molar-refractivity contribution in [3.05, 3.63) is 64.7 Å². The Balaban J connectivity index is 1.49. The van der Waals surface area contributed by atoms with Crippen LogP contribution in [0.5, 0.6) is 0 Å². The monoisotopic (exact) mass is 360 g/mol. The molecule has 2 aromatic rings. The van der Waals surface area contributed by atoms with Gasteiger partial charge in [-0.25, -0.2) is 0 Å². The molecule has 0 spiro atoms. The van der Waals surface area contributed by atoms with Crippen molar-refractivity contribution in [1.29, 1.82) is 0 Å². The number of benzene rings is 2. The molecule has 0 aromatic heterocycles. The normalized spacial score (nSPS) is 21.1. The van der Waals surface area contributed by atoms with Crippen molar-refractivity contribution >= 4 is 17.5 Å². The van der Waals surface area contributed by atoms with Crippen LogP contribution in [0.2, 0.25) is 0 Å².